The van der Waals surface area contributed by atoms with Gasteiger partial charge in [0.1, 0.15) is 11.6 Å². The lowest BCUT2D eigenvalue weighted by Crippen LogP contribution is -2.30. The van der Waals surface area contributed by atoms with Crippen LogP contribution in [0.4, 0.5) is 0 Å². The average molecular weight is 474 g/mol. The zero-order valence-corrected chi connectivity index (χ0v) is 20.0. The molecule has 2 aromatic heterocycles. The molecular weight excluding hydrogens is 446 g/mol. The van der Waals surface area contributed by atoms with Gasteiger partial charge in [0.2, 0.25) is 0 Å². The summed E-state index contributed by atoms with van der Waals surface area (Å²) in [5.41, 5.74) is 1.50. The number of aryl methyl sites for hydroxylation is 1. The van der Waals surface area contributed by atoms with Crippen molar-refractivity contribution in [2.75, 3.05) is 27.3 Å². The van der Waals surface area contributed by atoms with Crippen molar-refractivity contribution in [3.8, 4) is 11.5 Å². The van der Waals surface area contributed by atoms with Crippen molar-refractivity contribution in [2.24, 2.45) is 0 Å². The quantitative estimate of drug-likeness (QED) is 0.562. The summed E-state index contributed by atoms with van der Waals surface area (Å²) in [5.74, 6) is 3.31. The first-order chi connectivity index (χ1) is 15.9. The van der Waals surface area contributed by atoms with E-state index >= 15 is 0 Å². The molecule has 0 radical (unpaired) electrons. The maximum Gasteiger partial charge on any atom is 0.255 e. The van der Waals surface area contributed by atoms with Crippen LogP contribution in [-0.4, -0.2) is 52.9 Å². The molecule has 1 N–H and O–H groups in total. The number of benzene rings is 1. The Hall–Kier alpha value is -3.04. The lowest BCUT2D eigenvalue weighted by atomic mass is 10.1. The topological polar surface area (TPSA) is 94.6 Å². The number of fused-ring (bicyclic) bond motifs is 1. The standard InChI is InChI=1S/C23H28ClN5O4/c1-14(25-23(30)17-6-10-33-15(17)2)22-27-26-21-5-7-28(8-9-29(21)22)13-16-11-19(31-3)20(32-4)12-18(16)24/h6,10-12,14H,5,7-9,13H2,1-4H3,(H,25,30). The van der Waals surface area contributed by atoms with Crippen molar-refractivity contribution in [3.63, 3.8) is 0 Å². The highest BCUT2D eigenvalue weighted by Gasteiger charge is 2.24. The van der Waals surface area contributed by atoms with Crippen molar-refractivity contribution in [1.82, 2.24) is 25.0 Å². The summed E-state index contributed by atoms with van der Waals surface area (Å²) in [6, 6.07) is 5.08. The van der Waals surface area contributed by atoms with E-state index in [0.29, 0.717) is 40.9 Å². The summed E-state index contributed by atoms with van der Waals surface area (Å²) in [5, 5.41) is 12.4. The van der Waals surface area contributed by atoms with Crippen LogP contribution in [0.5, 0.6) is 11.5 Å². The van der Waals surface area contributed by atoms with Crippen LogP contribution < -0.4 is 14.8 Å². The molecule has 3 heterocycles. The number of carbonyl (C=O) groups is 1. The Labute approximate surface area is 197 Å². The van der Waals surface area contributed by atoms with Gasteiger partial charge in [-0.3, -0.25) is 9.69 Å². The predicted molar refractivity (Wildman–Crippen MR) is 123 cm³/mol. The fourth-order valence-electron chi connectivity index (χ4n) is 4.09. The van der Waals surface area contributed by atoms with Gasteiger partial charge in [0.15, 0.2) is 17.3 Å². The van der Waals surface area contributed by atoms with Crippen molar-refractivity contribution in [3.05, 3.63) is 58.0 Å². The first-order valence-corrected chi connectivity index (χ1v) is 11.2. The van der Waals surface area contributed by atoms with Gasteiger partial charge in [-0.2, -0.15) is 0 Å². The van der Waals surface area contributed by atoms with E-state index in [2.05, 4.69) is 25.0 Å². The average Bonchev–Trinajstić information content (AvgIpc) is 3.37. The maximum atomic E-state index is 12.6. The monoisotopic (exact) mass is 473 g/mol. The molecule has 1 aliphatic rings. The fraction of sp³-hybridized carbons (Fsp3) is 0.435. The Morgan fingerprint density at radius 3 is 2.67 bits per heavy atom. The third-order valence-corrected chi connectivity index (χ3v) is 6.28. The SMILES string of the molecule is COc1cc(Cl)c(CN2CCc3nnc(C(C)NC(=O)c4ccoc4C)n3CC2)cc1OC. The molecule has 3 aromatic rings. The molecule has 176 valence electrons. The Kier molecular flexibility index (Phi) is 6.90. The predicted octanol–water partition coefficient (Wildman–Crippen LogP) is 3.40. The van der Waals surface area contributed by atoms with Gasteiger partial charge in [-0.05, 0) is 31.5 Å². The number of carbonyl (C=O) groups excluding carboxylic acids is 1. The first-order valence-electron chi connectivity index (χ1n) is 10.8. The molecule has 0 spiro atoms. The Balaban J connectivity index is 1.44. The molecule has 4 rings (SSSR count). The normalized spacial score (nSPS) is 14.9. The number of halogens is 1. The number of hydrogen-bond acceptors (Lipinski definition) is 7. The smallest absolute Gasteiger partial charge is 0.255 e. The molecule has 0 bridgehead atoms. The molecule has 10 heteroatoms. The second-order valence-corrected chi connectivity index (χ2v) is 8.44. The molecular formula is C23H28ClN5O4. The van der Waals surface area contributed by atoms with Crippen molar-refractivity contribution in [1.29, 1.82) is 0 Å². The van der Waals surface area contributed by atoms with Gasteiger partial charge in [0, 0.05) is 43.7 Å². The number of furan rings is 1. The minimum atomic E-state index is -0.292. The number of ether oxygens (including phenoxy) is 2. The van der Waals surface area contributed by atoms with Gasteiger partial charge < -0.3 is 23.8 Å². The number of hydrogen-bond donors (Lipinski definition) is 1. The summed E-state index contributed by atoms with van der Waals surface area (Å²) in [7, 11) is 3.21. The van der Waals surface area contributed by atoms with E-state index < -0.39 is 0 Å². The van der Waals surface area contributed by atoms with Gasteiger partial charge in [-0.1, -0.05) is 11.6 Å². The number of methoxy groups -OCH3 is 2. The summed E-state index contributed by atoms with van der Waals surface area (Å²) in [4.78, 5) is 14.9. The van der Waals surface area contributed by atoms with Crippen LogP contribution in [-0.2, 0) is 19.5 Å². The van der Waals surface area contributed by atoms with E-state index in [1.165, 1.54) is 6.26 Å². The molecule has 0 saturated carbocycles. The van der Waals surface area contributed by atoms with Gasteiger partial charge in [0.05, 0.1) is 32.1 Å². The van der Waals surface area contributed by atoms with E-state index in [0.717, 1.165) is 36.7 Å². The molecule has 9 nitrogen and oxygen atoms in total. The zero-order valence-electron chi connectivity index (χ0n) is 19.2. The van der Waals surface area contributed by atoms with Crippen LogP contribution in [0.3, 0.4) is 0 Å². The largest absolute Gasteiger partial charge is 0.493 e. The summed E-state index contributed by atoms with van der Waals surface area (Å²) >= 11 is 6.50. The zero-order chi connectivity index (χ0) is 23.5. The Morgan fingerprint density at radius 1 is 1.21 bits per heavy atom. The number of aromatic nitrogens is 3. The van der Waals surface area contributed by atoms with Gasteiger partial charge >= 0.3 is 0 Å². The number of amides is 1. The lowest BCUT2D eigenvalue weighted by molar-refractivity contribution is 0.0936. The van der Waals surface area contributed by atoms with Gasteiger partial charge in [-0.25, -0.2) is 0 Å². The van der Waals surface area contributed by atoms with E-state index in [4.69, 9.17) is 25.5 Å². The molecule has 1 unspecified atom stereocenters. The minimum absolute atomic E-state index is 0.190. The second-order valence-electron chi connectivity index (χ2n) is 8.04. The second kappa shape index (κ2) is 9.84. The van der Waals surface area contributed by atoms with Crippen LogP contribution in [0, 0.1) is 6.92 Å². The molecule has 33 heavy (non-hydrogen) atoms. The highest BCUT2D eigenvalue weighted by molar-refractivity contribution is 6.31. The van der Waals surface area contributed by atoms with Crippen LogP contribution in [0.2, 0.25) is 5.02 Å². The van der Waals surface area contributed by atoms with Crippen LogP contribution >= 0.6 is 11.6 Å². The third kappa shape index (κ3) is 4.84. The number of nitrogens with zero attached hydrogens (tertiary/aromatic N) is 4. The fourth-order valence-corrected chi connectivity index (χ4v) is 4.30. The molecule has 1 amide bonds. The maximum absolute atomic E-state index is 12.6. The molecule has 0 saturated heterocycles. The molecule has 1 atom stereocenters. The van der Waals surface area contributed by atoms with Gasteiger partial charge in [0.25, 0.3) is 5.91 Å². The van der Waals surface area contributed by atoms with Crippen molar-refractivity contribution < 1.29 is 18.7 Å². The number of nitrogens with one attached hydrogen (secondary N) is 1. The van der Waals surface area contributed by atoms with E-state index in [1.807, 2.05) is 13.0 Å². The lowest BCUT2D eigenvalue weighted by Gasteiger charge is -2.21. The molecule has 1 aliphatic heterocycles. The van der Waals surface area contributed by atoms with Crippen molar-refractivity contribution in [2.45, 2.75) is 39.4 Å². The minimum Gasteiger partial charge on any atom is -0.493 e. The number of rotatable bonds is 7. The third-order valence-electron chi connectivity index (χ3n) is 5.93. The van der Waals surface area contributed by atoms with Crippen molar-refractivity contribution >= 4 is 17.5 Å². The van der Waals surface area contributed by atoms with Gasteiger partial charge in [-0.15, -0.1) is 10.2 Å². The van der Waals surface area contributed by atoms with Crippen LogP contribution in [0.25, 0.3) is 0 Å². The molecule has 0 fully saturated rings. The summed E-state index contributed by atoms with van der Waals surface area (Å²) in [6.45, 7) is 6.69. The van der Waals surface area contributed by atoms with E-state index in [9.17, 15) is 4.79 Å². The van der Waals surface area contributed by atoms with Crippen LogP contribution in [0.1, 0.15) is 46.3 Å². The highest BCUT2D eigenvalue weighted by Crippen LogP contribution is 2.33. The summed E-state index contributed by atoms with van der Waals surface area (Å²) < 4.78 is 18.1. The Morgan fingerprint density at radius 2 is 1.97 bits per heavy atom. The first kappa shape index (κ1) is 23.1. The highest BCUT2D eigenvalue weighted by atomic mass is 35.5. The Bertz CT molecular complexity index is 1140. The van der Waals surface area contributed by atoms with E-state index in [-0.39, 0.29) is 11.9 Å². The summed E-state index contributed by atoms with van der Waals surface area (Å²) in [6.07, 6.45) is 2.26. The van der Waals surface area contributed by atoms with Crippen LogP contribution in [0.15, 0.2) is 28.9 Å². The molecule has 0 aliphatic carbocycles. The molecule has 1 aromatic carbocycles. The van der Waals surface area contributed by atoms with E-state index in [1.54, 1.807) is 33.3 Å².